The van der Waals surface area contributed by atoms with Crippen molar-refractivity contribution in [3.8, 4) is 0 Å². The van der Waals surface area contributed by atoms with Crippen LogP contribution in [0.25, 0.3) is 0 Å². The van der Waals surface area contributed by atoms with E-state index in [4.69, 9.17) is 15.6 Å². The van der Waals surface area contributed by atoms with E-state index in [9.17, 15) is 4.21 Å². The highest BCUT2D eigenvalue weighted by molar-refractivity contribution is 7.79. The topological polar surface area (TPSA) is 110 Å². The Bertz CT molecular complexity index is 115. The van der Waals surface area contributed by atoms with Crippen molar-refractivity contribution < 1.29 is 8.76 Å². The lowest BCUT2D eigenvalue weighted by Crippen LogP contribution is -2.05. The maximum absolute atomic E-state index is 9.85. The molecule has 0 fully saturated rings. The van der Waals surface area contributed by atoms with Crippen LogP contribution >= 0.6 is 0 Å². The first-order chi connectivity index (χ1) is 3.72. The van der Waals surface area contributed by atoms with E-state index >= 15 is 0 Å². The minimum absolute atomic E-state index is 1.44. The SMILES string of the molecule is N=NC(N=N)S(=O)O. The number of hydrogen-bond donors (Lipinski definition) is 3. The van der Waals surface area contributed by atoms with Gasteiger partial charge in [-0.2, -0.15) is 10.2 Å². The van der Waals surface area contributed by atoms with E-state index in [1.807, 2.05) is 0 Å². The number of nitrogens with zero attached hydrogens (tertiary/aromatic N) is 2. The minimum Gasteiger partial charge on any atom is -0.303 e. The van der Waals surface area contributed by atoms with Gasteiger partial charge in [0.2, 0.25) is 11.1 Å². The molecule has 0 spiro atoms. The van der Waals surface area contributed by atoms with Crippen LogP contribution in [-0.2, 0) is 11.1 Å². The average molecular weight is 136 g/mol. The van der Waals surface area contributed by atoms with Crippen molar-refractivity contribution in [3.63, 3.8) is 0 Å². The van der Waals surface area contributed by atoms with Gasteiger partial charge in [-0.05, 0) is 0 Å². The predicted octanol–water partition coefficient (Wildman–Crippen LogP) is 0.554. The second kappa shape index (κ2) is 3.33. The fraction of sp³-hybridized carbons (Fsp3) is 1.00. The van der Waals surface area contributed by atoms with Gasteiger partial charge in [0.1, 0.15) is 0 Å². The van der Waals surface area contributed by atoms with Crippen molar-refractivity contribution in [3.05, 3.63) is 0 Å². The molecule has 0 saturated carbocycles. The fourth-order valence-electron chi connectivity index (χ4n) is 0.119. The summed E-state index contributed by atoms with van der Waals surface area (Å²) in [5.41, 5.74) is 10.9. The third-order valence-corrected chi connectivity index (χ3v) is 0.973. The summed E-state index contributed by atoms with van der Waals surface area (Å²) in [6.45, 7) is 0. The summed E-state index contributed by atoms with van der Waals surface area (Å²) < 4.78 is 17.9. The molecular weight excluding hydrogens is 132 g/mol. The Kier molecular flexibility index (Phi) is 3.04. The molecule has 1 unspecified atom stereocenters. The zero-order valence-corrected chi connectivity index (χ0v) is 4.55. The molecule has 1 atom stereocenters. The maximum Gasteiger partial charge on any atom is 0.278 e. The number of rotatable bonds is 3. The molecule has 0 saturated heterocycles. The van der Waals surface area contributed by atoms with Crippen molar-refractivity contribution in [1.82, 2.24) is 0 Å². The first kappa shape index (κ1) is 7.31. The van der Waals surface area contributed by atoms with E-state index in [1.165, 1.54) is 0 Å². The molecule has 46 valence electrons. The third-order valence-electron chi connectivity index (χ3n) is 0.401. The summed E-state index contributed by atoms with van der Waals surface area (Å²) in [5.74, 6) is 0. The monoisotopic (exact) mass is 136 g/mol. The van der Waals surface area contributed by atoms with E-state index in [0.717, 1.165) is 0 Å². The molecule has 0 aliphatic heterocycles. The largest absolute Gasteiger partial charge is 0.303 e. The highest BCUT2D eigenvalue weighted by Crippen LogP contribution is 1.94. The summed E-state index contributed by atoms with van der Waals surface area (Å²) in [6, 6.07) is 0. The van der Waals surface area contributed by atoms with Gasteiger partial charge in [-0.3, -0.25) is 0 Å². The Labute approximate surface area is 47.6 Å². The first-order valence-corrected chi connectivity index (χ1v) is 2.72. The summed E-state index contributed by atoms with van der Waals surface area (Å²) in [5, 5.41) is 5.10. The Morgan fingerprint density at radius 3 is 1.88 bits per heavy atom. The minimum atomic E-state index is -2.31. The van der Waals surface area contributed by atoms with Gasteiger partial charge in [-0.25, -0.2) is 15.3 Å². The van der Waals surface area contributed by atoms with Crippen molar-refractivity contribution in [2.45, 2.75) is 5.50 Å². The van der Waals surface area contributed by atoms with E-state index in [0.29, 0.717) is 0 Å². The van der Waals surface area contributed by atoms with Crippen LogP contribution in [0.15, 0.2) is 10.2 Å². The molecule has 0 aromatic rings. The lowest BCUT2D eigenvalue weighted by molar-refractivity contribution is 0.541. The number of hydrogen-bond acceptors (Lipinski definition) is 5. The molecule has 0 aliphatic rings. The Morgan fingerprint density at radius 1 is 1.50 bits per heavy atom. The fourth-order valence-corrected chi connectivity index (χ4v) is 0.299. The Morgan fingerprint density at radius 2 is 1.88 bits per heavy atom. The Balaban J connectivity index is 3.88. The van der Waals surface area contributed by atoms with Crippen LogP contribution in [0, 0.1) is 11.1 Å². The summed E-state index contributed by atoms with van der Waals surface area (Å²) in [7, 11) is 0. The van der Waals surface area contributed by atoms with Crippen LogP contribution in [-0.4, -0.2) is 14.3 Å². The molecule has 0 aromatic heterocycles. The second-order valence-electron chi connectivity index (χ2n) is 0.861. The molecule has 8 heavy (non-hydrogen) atoms. The summed E-state index contributed by atoms with van der Waals surface area (Å²) >= 11 is -2.31. The van der Waals surface area contributed by atoms with Crippen LogP contribution in [0.1, 0.15) is 0 Å². The third kappa shape index (κ3) is 1.85. The molecule has 0 heterocycles. The molecule has 0 aromatic carbocycles. The molecule has 0 aliphatic carbocycles. The predicted molar refractivity (Wildman–Crippen MR) is 24.9 cm³/mol. The van der Waals surface area contributed by atoms with Crippen LogP contribution in [0.3, 0.4) is 0 Å². The van der Waals surface area contributed by atoms with Crippen molar-refractivity contribution in [2.75, 3.05) is 0 Å². The number of nitrogens with one attached hydrogen (secondary N) is 2. The quantitative estimate of drug-likeness (QED) is 0.389. The van der Waals surface area contributed by atoms with Gasteiger partial charge in [0.15, 0.2) is 0 Å². The molecule has 0 amide bonds. The van der Waals surface area contributed by atoms with Gasteiger partial charge in [-0.1, -0.05) is 0 Å². The van der Waals surface area contributed by atoms with Gasteiger partial charge >= 0.3 is 0 Å². The van der Waals surface area contributed by atoms with Crippen molar-refractivity contribution in [2.24, 2.45) is 10.2 Å². The molecule has 0 rings (SSSR count). The van der Waals surface area contributed by atoms with E-state index in [1.54, 1.807) is 0 Å². The van der Waals surface area contributed by atoms with Gasteiger partial charge in [-0.15, -0.1) is 0 Å². The first-order valence-electron chi connectivity index (χ1n) is 1.55. The van der Waals surface area contributed by atoms with Crippen LogP contribution < -0.4 is 0 Å². The van der Waals surface area contributed by atoms with Crippen LogP contribution in [0.5, 0.6) is 0 Å². The zero-order valence-electron chi connectivity index (χ0n) is 3.74. The van der Waals surface area contributed by atoms with Gasteiger partial charge in [0, 0.05) is 0 Å². The highest BCUT2D eigenvalue weighted by Gasteiger charge is 2.08. The summed E-state index contributed by atoms with van der Waals surface area (Å²) in [4.78, 5) is 0. The summed E-state index contributed by atoms with van der Waals surface area (Å²) in [6.07, 6.45) is 0. The molecule has 3 N–H and O–H groups in total. The Hall–Kier alpha value is -0.690. The van der Waals surface area contributed by atoms with Gasteiger partial charge in [0.05, 0.1) is 0 Å². The van der Waals surface area contributed by atoms with E-state index in [2.05, 4.69) is 10.2 Å². The van der Waals surface area contributed by atoms with Crippen molar-refractivity contribution >= 4 is 11.1 Å². The molecule has 6 nitrogen and oxygen atoms in total. The molecular formula is CH4N4O2S. The van der Waals surface area contributed by atoms with E-state index in [-0.39, 0.29) is 0 Å². The molecule has 0 bridgehead atoms. The normalized spacial score (nSPS) is 16.6. The van der Waals surface area contributed by atoms with E-state index < -0.39 is 16.6 Å². The molecule has 7 heteroatoms. The second-order valence-corrected chi connectivity index (χ2v) is 1.83. The maximum atomic E-state index is 9.85. The lowest BCUT2D eigenvalue weighted by atomic mass is 11.2. The lowest BCUT2D eigenvalue weighted by Gasteiger charge is -1.91. The standard InChI is InChI=1S/CH4N4O2S/c2-4-1(5-3)8(6)7/h1-3H,(H,6,7). The van der Waals surface area contributed by atoms with Crippen LogP contribution in [0.4, 0.5) is 0 Å². The van der Waals surface area contributed by atoms with Crippen LogP contribution in [0.2, 0.25) is 0 Å². The van der Waals surface area contributed by atoms with Gasteiger partial charge in [0.25, 0.3) is 5.50 Å². The smallest absolute Gasteiger partial charge is 0.278 e. The average Bonchev–Trinajstić information content (AvgIpc) is 1.69. The van der Waals surface area contributed by atoms with Crippen molar-refractivity contribution in [1.29, 1.82) is 11.1 Å². The van der Waals surface area contributed by atoms with Gasteiger partial charge < -0.3 is 4.55 Å². The zero-order chi connectivity index (χ0) is 6.57. The molecule has 0 radical (unpaired) electrons. The highest BCUT2D eigenvalue weighted by atomic mass is 32.2.